The van der Waals surface area contributed by atoms with Crippen LogP contribution in [0.25, 0.3) is 0 Å². The number of sulfone groups is 1. The Morgan fingerprint density at radius 2 is 1.50 bits per heavy atom. The van der Waals surface area contributed by atoms with Crippen molar-refractivity contribution in [2.24, 2.45) is 0 Å². The van der Waals surface area contributed by atoms with Gasteiger partial charge in [0.1, 0.15) is 0 Å². The topological polar surface area (TPSA) is 95.5 Å². The second kappa shape index (κ2) is 10.2. The molecule has 1 aliphatic rings. The van der Waals surface area contributed by atoms with Crippen LogP contribution in [0.3, 0.4) is 0 Å². The van der Waals surface area contributed by atoms with E-state index in [1.165, 1.54) is 5.69 Å². The maximum absolute atomic E-state index is 12.4. The zero-order valence-corrected chi connectivity index (χ0v) is 20.2. The lowest BCUT2D eigenvalue weighted by Gasteiger charge is -2.36. The zero-order chi connectivity index (χ0) is 24.1. The Morgan fingerprint density at radius 3 is 2.09 bits per heavy atom. The van der Waals surface area contributed by atoms with Crippen LogP contribution in [0.15, 0.2) is 71.9 Å². The van der Waals surface area contributed by atoms with Gasteiger partial charge in [-0.1, -0.05) is 30.3 Å². The Kier molecular flexibility index (Phi) is 7.12. The van der Waals surface area contributed by atoms with Crippen LogP contribution in [0.5, 0.6) is 0 Å². The van der Waals surface area contributed by atoms with Crippen molar-refractivity contribution in [3.05, 3.63) is 72.6 Å². The van der Waals surface area contributed by atoms with Crippen molar-refractivity contribution in [1.29, 1.82) is 0 Å². The van der Waals surface area contributed by atoms with Crippen molar-refractivity contribution >= 4 is 33.1 Å². The molecule has 1 aromatic heterocycles. The number of hydrogen-bond donors (Lipinski definition) is 1. The number of para-hydroxylation sites is 1. The number of hydrogen-bond acceptors (Lipinski definition) is 7. The molecule has 178 valence electrons. The molecule has 0 atom stereocenters. The molecule has 2 aromatic carbocycles. The predicted molar refractivity (Wildman–Crippen MR) is 134 cm³/mol. The van der Waals surface area contributed by atoms with Gasteiger partial charge in [0.2, 0.25) is 11.9 Å². The molecule has 0 saturated carbocycles. The molecule has 9 heteroatoms. The van der Waals surface area contributed by atoms with E-state index in [1.807, 2.05) is 18.2 Å². The van der Waals surface area contributed by atoms with Gasteiger partial charge >= 0.3 is 0 Å². The molecular weight excluding hydrogens is 450 g/mol. The highest BCUT2D eigenvalue weighted by Crippen LogP contribution is 2.19. The fraction of sp³-hybridized carbons (Fsp3) is 0.320. The van der Waals surface area contributed by atoms with E-state index >= 15 is 0 Å². The molecule has 0 unspecified atom stereocenters. The molecule has 8 nitrogen and oxygen atoms in total. The fourth-order valence-corrected chi connectivity index (χ4v) is 4.87. The number of amides is 1. The molecule has 1 amide bonds. The first-order chi connectivity index (χ1) is 16.3. The van der Waals surface area contributed by atoms with E-state index in [-0.39, 0.29) is 17.2 Å². The molecule has 0 aliphatic carbocycles. The third-order valence-electron chi connectivity index (χ3n) is 5.84. The summed E-state index contributed by atoms with van der Waals surface area (Å²) >= 11 is 0. The van der Waals surface area contributed by atoms with E-state index in [4.69, 9.17) is 0 Å². The highest BCUT2D eigenvalue weighted by Gasteiger charge is 2.20. The molecule has 4 rings (SSSR count). The number of nitrogens with one attached hydrogen (secondary N) is 1. The summed E-state index contributed by atoms with van der Waals surface area (Å²) in [5.74, 6) is 0.431. The van der Waals surface area contributed by atoms with Crippen molar-refractivity contribution in [2.45, 2.75) is 30.4 Å². The van der Waals surface area contributed by atoms with Gasteiger partial charge in [0.15, 0.2) is 9.84 Å². The Morgan fingerprint density at radius 1 is 0.912 bits per heavy atom. The standard InChI is InChI=1S/C25H29N5O3S/c1-19(2)34(32,33)23-10-8-20(9-11-23)16-24(31)28-21-17-26-25(27-18-21)30-14-12-29(13-15-30)22-6-4-3-5-7-22/h3-11,17-19H,12-16H2,1-2H3,(H,28,31). The number of carbonyl (C=O) groups is 1. The molecule has 0 bridgehead atoms. The Hall–Kier alpha value is -3.46. The van der Waals surface area contributed by atoms with Gasteiger partial charge in [-0.3, -0.25) is 4.79 Å². The van der Waals surface area contributed by atoms with Gasteiger partial charge in [0.25, 0.3) is 0 Å². The average molecular weight is 480 g/mol. The summed E-state index contributed by atoms with van der Waals surface area (Å²) in [4.78, 5) is 26.0. The third-order valence-corrected chi connectivity index (χ3v) is 8.01. The first-order valence-corrected chi connectivity index (χ1v) is 12.9. The second-order valence-corrected chi connectivity index (χ2v) is 11.0. The maximum Gasteiger partial charge on any atom is 0.228 e. The zero-order valence-electron chi connectivity index (χ0n) is 19.4. The van der Waals surface area contributed by atoms with Crippen LogP contribution in [-0.4, -0.2) is 55.7 Å². The van der Waals surface area contributed by atoms with Gasteiger partial charge in [-0.15, -0.1) is 0 Å². The number of aromatic nitrogens is 2. The van der Waals surface area contributed by atoms with Crippen LogP contribution in [0.1, 0.15) is 19.4 Å². The lowest BCUT2D eigenvalue weighted by Crippen LogP contribution is -2.47. The summed E-state index contributed by atoms with van der Waals surface area (Å²) < 4.78 is 24.5. The molecule has 2 heterocycles. The maximum atomic E-state index is 12.4. The van der Waals surface area contributed by atoms with Gasteiger partial charge in [-0.05, 0) is 43.7 Å². The molecule has 1 N–H and O–H groups in total. The number of nitrogens with zero attached hydrogens (tertiary/aromatic N) is 4. The third kappa shape index (κ3) is 5.53. The fourth-order valence-electron chi connectivity index (χ4n) is 3.81. The lowest BCUT2D eigenvalue weighted by molar-refractivity contribution is -0.115. The average Bonchev–Trinajstić information content (AvgIpc) is 2.85. The molecule has 1 aliphatic heterocycles. The lowest BCUT2D eigenvalue weighted by atomic mass is 10.1. The number of piperazine rings is 1. The summed E-state index contributed by atoms with van der Waals surface area (Å²) in [6, 6.07) is 16.8. The van der Waals surface area contributed by atoms with Crippen molar-refractivity contribution in [1.82, 2.24) is 9.97 Å². The molecular formula is C25H29N5O3S. The summed E-state index contributed by atoms with van der Waals surface area (Å²) in [5, 5.41) is 2.31. The van der Waals surface area contributed by atoms with Crippen molar-refractivity contribution in [3.63, 3.8) is 0 Å². The van der Waals surface area contributed by atoms with E-state index in [0.717, 1.165) is 31.7 Å². The van der Waals surface area contributed by atoms with E-state index in [2.05, 4.69) is 37.2 Å². The number of carbonyl (C=O) groups excluding carboxylic acids is 1. The minimum absolute atomic E-state index is 0.130. The van der Waals surface area contributed by atoms with E-state index < -0.39 is 15.1 Å². The van der Waals surface area contributed by atoms with Gasteiger partial charge < -0.3 is 15.1 Å². The highest BCUT2D eigenvalue weighted by molar-refractivity contribution is 7.92. The Bertz CT molecular complexity index is 1210. The molecule has 1 fully saturated rings. The van der Waals surface area contributed by atoms with Crippen LogP contribution in [0.4, 0.5) is 17.3 Å². The molecule has 1 saturated heterocycles. The minimum Gasteiger partial charge on any atom is -0.368 e. The largest absolute Gasteiger partial charge is 0.368 e. The molecule has 34 heavy (non-hydrogen) atoms. The Balaban J connectivity index is 1.29. The van der Waals surface area contributed by atoms with E-state index in [9.17, 15) is 13.2 Å². The normalized spacial score (nSPS) is 14.3. The second-order valence-electron chi connectivity index (χ2n) is 8.54. The van der Waals surface area contributed by atoms with Crippen molar-refractivity contribution in [2.75, 3.05) is 41.3 Å². The van der Waals surface area contributed by atoms with Crippen LogP contribution in [0, 0.1) is 0 Å². The molecule has 0 spiro atoms. The van der Waals surface area contributed by atoms with Gasteiger partial charge in [-0.2, -0.15) is 0 Å². The van der Waals surface area contributed by atoms with Crippen LogP contribution < -0.4 is 15.1 Å². The van der Waals surface area contributed by atoms with Crippen molar-refractivity contribution < 1.29 is 13.2 Å². The summed E-state index contributed by atoms with van der Waals surface area (Å²) in [6.07, 6.45) is 3.36. The monoisotopic (exact) mass is 479 g/mol. The highest BCUT2D eigenvalue weighted by atomic mass is 32.2. The van der Waals surface area contributed by atoms with E-state index in [0.29, 0.717) is 11.6 Å². The van der Waals surface area contributed by atoms with Crippen LogP contribution in [-0.2, 0) is 21.1 Å². The van der Waals surface area contributed by atoms with E-state index in [1.54, 1.807) is 50.5 Å². The minimum atomic E-state index is -3.33. The van der Waals surface area contributed by atoms with Crippen LogP contribution >= 0.6 is 0 Å². The summed E-state index contributed by atoms with van der Waals surface area (Å²) in [6.45, 7) is 6.72. The summed E-state index contributed by atoms with van der Waals surface area (Å²) in [5.41, 5.74) is 2.47. The quantitative estimate of drug-likeness (QED) is 0.556. The number of rotatable bonds is 7. The van der Waals surface area contributed by atoms with Gasteiger partial charge in [0, 0.05) is 31.9 Å². The van der Waals surface area contributed by atoms with Crippen LogP contribution in [0.2, 0.25) is 0 Å². The first kappa shape index (κ1) is 23.7. The SMILES string of the molecule is CC(C)S(=O)(=O)c1ccc(CC(=O)Nc2cnc(N3CCN(c4ccccc4)CC3)nc2)cc1. The number of anilines is 3. The predicted octanol–water partition coefficient (Wildman–Crippen LogP) is 3.17. The van der Waals surface area contributed by atoms with Gasteiger partial charge in [-0.25, -0.2) is 18.4 Å². The number of benzene rings is 2. The smallest absolute Gasteiger partial charge is 0.228 e. The Labute approximate surface area is 200 Å². The van der Waals surface area contributed by atoms with Crippen molar-refractivity contribution in [3.8, 4) is 0 Å². The molecule has 0 radical (unpaired) electrons. The molecule has 3 aromatic rings. The van der Waals surface area contributed by atoms with Gasteiger partial charge in [0.05, 0.1) is 34.6 Å². The summed E-state index contributed by atoms with van der Waals surface area (Å²) in [7, 11) is -3.33. The first-order valence-electron chi connectivity index (χ1n) is 11.3.